The summed E-state index contributed by atoms with van der Waals surface area (Å²) in [5.74, 6) is 0. The zero-order chi connectivity index (χ0) is 13.6. The van der Waals surface area contributed by atoms with E-state index in [4.69, 9.17) is 0 Å². The van der Waals surface area contributed by atoms with Crippen molar-refractivity contribution >= 4 is 10.9 Å². The molecule has 2 aromatic rings. The van der Waals surface area contributed by atoms with Crippen LogP contribution in [0.1, 0.15) is 30.5 Å². The molecule has 0 bridgehead atoms. The minimum absolute atomic E-state index is 0.209. The fraction of sp³-hybridized carbons (Fsp3) is 0.529. The van der Waals surface area contributed by atoms with Crippen LogP contribution in [0.2, 0.25) is 0 Å². The molecule has 3 heteroatoms. The second-order valence-corrected chi connectivity index (χ2v) is 6.61. The van der Waals surface area contributed by atoms with Gasteiger partial charge in [0.05, 0.1) is 0 Å². The van der Waals surface area contributed by atoms with Crippen molar-refractivity contribution in [3.63, 3.8) is 0 Å². The van der Waals surface area contributed by atoms with Crippen molar-refractivity contribution in [2.24, 2.45) is 5.41 Å². The Morgan fingerprint density at radius 2 is 2.15 bits per heavy atom. The van der Waals surface area contributed by atoms with Gasteiger partial charge in [0.1, 0.15) is 0 Å². The minimum Gasteiger partial charge on any atom is -0.396 e. The summed E-state index contributed by atoms with van der Waals surface area (Å²) in [6, 6.07) is 9.17. The number of benzene rings is 1. The number of hydrogen-bond acceptors (Lipinski definition) is 2. The Hall–Kier alpha value is -1.32. The number of rotatable bonds is 4. The van der Waals surface area contributed by atoms with Gasteiger partial charge in [-0.15, -0.1) is 0 Å². The molecule has 2 aliphatic carbocycles. The van der Waals surface area contributed by atoms with E-state index in [2.05, 4.69) is 34.6 Å². The van der Waals surface area contributed by atoms with Crippen LogP contribution in [0.3, 0.4) is 0 Å². The van der Waals surface area contributed by atoms with Crippen molar-refractivity contribution in [2.75, 3.05) is 13.2 Å². The van der Waals surface area contributed by atoms with E-state index in [1.165, 1.54) is 41.4 Å². The van der Waals surface area contributed by atoms with Crippen molar-refractivity contribution in [2.45, 2.75) is 38.1 Å². The molecule has 3 N–H and O–H groups in total. The third-order valence-electron chi connectivity index (χ3n) is 5.15. The molecule has 1 saturated carbocycles. The molecule has 1 fully saturated rings. The summed E-state index contributed by atoms with van der Waals surface area (Å²) in [4.78, 5) is 3.56. The second-order valence-electron chi connectivity index (χ2n) is 6.61. The molecule has 1 heterocycles. The highest BCUT2D eigenvalue weighted by molar-refractivity contribution is 5.84. The largest absolute Gasteiger partial charge is 0.396 e. The maximum absolute atomic E-state index is 9.41. The average molecular weight is 270 g/mol. The average Bonchev–Trinajstić information content (AvgIpc) is 3.19. The van der Waals surface area contributed by atoms with Gasteiger partial charge in [-0.2, -0.15) is 0 Å². The highest BCUT2D eigenvalue weighted by Crippen LogP contribution is 2.44. The number of H-pyrrole nitrogens is 1. The van der Waals surface area contributed by atoms with Crippen LogP contribution in [0, 0.1) is 5.41 Å². The first-order valence-corrected chi connectivity index (χ1v) is 7.72. The Morgan fingerprint density at radius 3 is 2.95 bits per heavy atom. The Labute approximate surface area is 119 Å². The molecule has 0 amide bonds. The standard InChI is InChI=1S/C17H22N2O/c20-11-17(7-8-17)10-18-12-5-6-16-14(9-12)13-3-1-2-4-15(13)19-16/h1-4,12,18-20H,5-11H2. The maximum Gasteiger partial charge on any atom is 0.0499 e. The number of aromatic nitrogens is 1. The summed E-state index contributed by atoms with van der Waals surface area (Å²) in [5, 5.41) is 14.5. The summed E-state index contributed by atoms with van der Waals surface area (Å²) in [6.07, 6.45) is 5.80. The van der Waals surface area contributed by atoms with E-state index in [9.17, 15) is 5.11 Å². The van der Waals surface area contributed by atoms with Crippen molar-refractivity contribution in [3.8, 4) is 0 Å². The van der Waals surface area contributed by atoms with Gasteiger partial charge in [0.15, 0.2) is 0 Å². The van der Waals surface area contributed by atoms with Gasteiger partial charge in [-0.3, -0.25) is 0 Å². The normalized spacial score (nSPS) is 23.8. The van der Waals surface area contributed by atoms with E-state index in [0.29, 0.717) is 12.6 Å². The molecule has 0 saturated heterocycles. The summed E-state index contributed by atoms with van der Waals surface area (Å²) >= 11 is 0. The van der Waals surface area contributed by atoms with E-state index >= 15 is 0 Å². The molecule has 20 heavy (non-hydrogen) atoms. The molecule has 1 aromatic heterocycles. The topological polar surface area (TPSA) is 48.0 Å². The molecule has 4 rings (SSSR count). The zero-order valence-corrected chi connectivity index (χ0v) is 11.8. The van der Waals surface area contributed by atoms with E-state index < -0.39 is 0 Å². The van der Waals surface area contributed by atoms with Crippen LogP contribution in [-0.4, -0.2) is 29.3 Å². The Balaban J connectivity index is 1.51. The van der Waals surface area contributed by atoms with Gasteiger partial charge in [-0.25, -0.2) is 0 Å². The third-order valence-corrected chi connectivity index (χ3v) is 5.15. The summed E-state index contributed by atoms with van der Waals surface area (Å²) < 4.78 is 0. The SMILES string of the molecule is OCC1(CNC2CCc3[nH]c4ccccc4c3C2)CC1. The molecule has 2 aliphatic rings. The number of para-hydroxylation sites is 1. The first kappa shape index (κ1) is 12.4. The van der Waals surface area contributed by atoms with Gasteiger partial charge in [0.25, 0.3) is 0 Å². The molecule has 1 atom stereocenters. The fourth-order valence-corrected chi connectivity index (χ4v) is 3.47. The molecule has 106 valence electrons. The van der Waals surface area contributed by atoms with Crippen LogP contribution in [0.15, 0.2) is 24.3 Å². The third kappa shape index (κ3) is 2.05. The smallest absolute Gasteiger partial charge is 0.0499 e. The molecular weight excluding hydrogens is 248 g/mol. The Morgan fingerprint density at radius 1 is 1.30 bits per heavy atom. The number of hydrogen-bond donors (Lipinski definition) is 3. The molecule has 0 radical (unpaired) electrons. The van der Waals surface area contributed by atoms with Crippen LogP contribution < -0.4 is 5.32 Å². The summed E-state index contributed by atoms with van der Waals surface area (Å²) in [7, 11) is 0. The molecular formula is C17H22N2O. The lowest BCUT2D eigenvalue weighted by Crippen LogP contribution is -2.38. The second kappa shape index (κ2) is 4.61. The lowest BCUT2D eigenvalue weighted by atomic mass is 9.91. The summed E-state index contributed by atoms with van der Waals surface area (Å²) in [5.41, 5.74) is 4.40. The number of aliphatic hydroxyl groups is 1. The van der Waals surface area contributed by atoms with Crippen molar-refractivity contribution in [3.05, 3.63) is 35.5 Å². The lowest BCUT2D eigenvalue weighted by Gasteiger charge is -2.25. The first-order valence-electron chi connectivity index (χ1n) is 7.72. The van der Waals surface area contributed by atoms with E-state index in [0.717, 1.165) is 19.4 Å². The number of fused-ring (bicyclic) bond motifs is 3. The summed E-state index contributed by atoms with van der Waals surface area (Å²) in [6.45, 7) is 1.32. The monoisotopic (exact) mass is 270 g/mol. The van der Waals surface area contributed by atoms with E-state index in [1.54, 1.807) is 0 Å². The number of nitrogens with one attached hydrogen (secondary N) is 2. The first-order chi connectivity index (χ1) is 9.80. The molecule has 1 aromatic carbocycles. The van der Waals surface area contributed by atoms with Gasteiger partial charge in [0.2, 0.25) is 0 Å². The number of aliphatic hydroxyl groups excluding tert-OH is 1. The van der Waals surface area contributed by atoms with Crippen LogP contribution in [-0.2, 0) is 12.8 Å². The number of aromatic amines is 1. The van der Waals surface area contributed by atoms with Gasteiger partial charge >= 0.3 is 0 Å². The van der Waals surface area contributed by atoms with Crippen LogP contribution in [0.25, 0.3) is 10.9 Å². The number of aryl methyl sites for hydroxylation is 1. The van der Waals surface area contributed by atoms with Crippen LogP contribution >= 0.6 is 0 Å². The quantitative estimate of drug-likeness (QED) is 0.799. The van der Waals surface area contributed by atoms with Gasteiger partial charge in [-0.05, 0) is 43.7 Å². The highest BCUT2D eigenvalue weighted by Gasteiger charge is 2.42. The fourth-order valence-electron chi connectivity index (χ4n) is 3.47. The van der Waals surface area contributed by atoms with Crippen LogP contribution in [0.5, 0.6) is 0 Å². The predicted octanol–water partition coefficient (Wildman–Crippen LogP) is 2.39. The molecule has 1 unspecified atom stereocenters. The lowest BCUT2D eigenvalue weighted by molar-refractivity contribution is 0.202. The van der Waals surface area contributed by atoms with E-state index in [1.807, 2.05) is 0 Å². The van der Waals surface area contributed by atoms with E-state index in [-0.39, 0.29) is 5.41 Å². The van der Waals surface area contributed by atoms with Crippen molar-refractivity contribution < 1.29 is 5.11 Å². The van der Waals surface area contributed by atoms with Crippen molar-refractivity contribution in [1.29, 1.82) is 0 Å². The highest BCUT2D eigenvalue weighted by atomic mass is 16.3. The van der Waals surface area contributed by atoms with Crippen molar-refractivity contribution in [1.82, 2.24) is 10.3 Å². The maximum atomic E-state index is 9.41. The Bertz CT molecular complexity index is 627. The Kier molecular flexibility index (Phi) is 2.86. The van der Waals surface area contributed by atoms with Gasteiger partial charge in [0, 0.05) is 41.2 Å². The predicted molar refractivity (Wildman–Crippen MR) is 80.9 cm³/mol. The minimum atomic E-state index is 0.209. The molecule has 0 aliphatic heterocycles. The molecule has 3 nitrogen and oxygen atoms in total. The molecule has 0 spiro atoms. The van der Waals surface area contributed by atoms with Crippen LogP contribution in [0.4, 0.5) is 0 Å². The zero-order valence-electron chi connectivity index (χ0n) is 11.8. The van der Waals surface area contributed by atoms with Gasteiger partial charge in [-0.1, -0.05) is 18.2 Å². The van der Waals surface area contributed by atoms with Gasteiger partial charge < -0.3 is 15.4 Å².